The quantitative estimate of drug-likeness (QED) is 0.474. The smallest absolute Gasteiger partial charge is 0.131 e. The molecule has 0 amide bonds. The summed E-state index contributed by atoms with van der Waals surface area (Å²) in [5.41, 5.74) is 5.97. The first-order chi connectivity index (χ1) is 9.98. The van der Waals surface area contributed by atoms with E-state index in [4.69, 9.17) is 23.2 Å². The fourth-order valence-corrected chi connectivity index (χ4v) is 3.86. The summed E-state index contributed by atoms with van der Waals surface area (Å²) in [5, 5.41) is 2.03. The van der Waals surface area contributed by atoms with Crippen molar-refractivity contribution in [2.24, 2.45) is 0 Å². The summed E-state index contributed by atoms with van der Waals surface area (Å²) in [6.45, 7) is 4.49. The third-order valence-corrected chi connectivity index (χ3v) is 4.94. The first-order valence-electron chi connectivity index (χ1n) is 6.88. The zero-order chi connectivity index (χ0) is 14.8. The number of fused-ring (bicyclic) bond motifs is 4. The largest absolute Gasteiger partial charge is 0.236 e. The van der Waals surface area contributed by atoms with Gasteiger partial charge in [0, 0.05) is 10.8 Å². The second-order valence-electron chi connectivity index (χ2n) is 6.01. The number of hydrogen-bond donors (Lipinski definition) is 0. The maximum Gasteiger partial charge on any atom is 0.131 e. The Kier molecular flexibility index (Phi) is 2.64. The molecular formula is C18H13Cl2N. The summed E-state index contributed by atoms with van der Waals surface area (Å²) in [4.78, 5) is 4.42. The fraction of sp³-hybridized carbons (Fsp3) is 0.167. The molecule has 0 spiro atoms. The Hall–Kier alpha value is -1.57. The Morgan fingerprint density at radius 1 is 0.905 bits per heavy atom. The van der Waals surface area contributed by atoms with Gasteiger partial charge in [0.1, 0.15) is 5.15 Å². The lowest BCUT2D eigenvalue weighted by molar-refractivity contribution is 0.661. The van der Waals surface area contributed by atoms with Crippen molar-refractivity contribution in [3.63, 3.8) is 0 Å². The van der Waals surface area contributed by atoms with Crippen LogP contribution in [0.4, 0.5) is 0 Å². The molecule has 1 aliphatic rings. The minimum Gasteiger partial charge on any atom is -0.236 e. The van der Waals surface area contributed by atoms with Crippen molar-refractivity contribution in [2.45, 2.75) is 19.3 Å². The summed E-state index contributed by atoms with van der Waals surface area (Å²) in [5.74, 6) is 0. The van der Waals surface area contributed by atoms with Gasteiger partial charge in [0.05, 0.1) is 10.5 Å². The average Bonchev–Trinajstić information content (AvgIpc) is 2.66. The summed E-state index contributed by atoms with van der Waals surface area (Å²) < 4.78 is 0. The van der Waals surface area contributed by atoms with Gasteiger partial charge < -0.3 is 0 Å². The molecule has 3 aromatic rings. The SMILES string of the molecule is CC1(C)c2ccccc2-c2cc3c(Cl)cc(Cl)nc3cc21. The molecule has 104 valence electrons. The number of rotatable bonds is 0. The molecule has 1 aliphatic carbocycles. The van der Waals surface area contributed by atoms with Crippen LogP contribution in [0.1, 0.15) is 25.0 Å². The van der Waals surface area contributed by atoms with Gasteiger partial charge in [0.25, 0.3) is 0 Å². The van der Waals surface area contributed by atoms with Crippen LogP contribution in [0.2, 0.25) is 10.2 Å². The van der Waals surface area contributed by atoms with Crippen LogP contribution in [0.3, 0.4) is 0 Å². The van der Waals surface area contributed by atoms with Gasteiger partial charge in [-0.3, -0.25) is 0 Å². The van der Waals surface area contributed by atoms with E-state index in [1.807, 2.05) is 0 Å². The lowest BCUT2D eigenvalue weighted by Crippen LogP contribution is -2.14. The Bertz CT molecular complexity index is 897. The second-order valence-corrected chi connectivity index (χ2v) is 6.81. The average molecular weight is 314 g/mol. The minimum absolute atomic E-state index is 0.0312. The third-order valence-electron chi connectivity index (χ3n) is 4.43. The van der Waals surface area contributed by atoms with Gasteiger partial charge in [-0.1, -0.05) is 61.3 Å². The van der Waals surface area contributed by atoms with Crippen LogP contribution in [0.5, 0.6) is 0 Å². The molecule has 0 unspecified atom stereocenters. The zero-order valence-corrected chi connectivity index (χ0v) is 13.3. The predicted octanol–water partition coefficient (Wildman–Crippen LogP) is 5.85. The van der Waals surface area contributed by atoms with Gasteiger partial charge in [0.2, 0.25) is 0 Å². The summed E-state index contributed by atoms with van der Waals surface area (Å²) in [6, 6.07) is 14.5. The normalized spacial score (nSPS) is 15.0. The Labute approximate surface area is 133 Å². The number of pyridine rings is 1. The van der Waals surface area contributed by atoms with Crippen molar-refractivity contribution in [2.75, 3.05) is 0 Å². The van der Waals surface area contributed by atoms with Crippen LogP contribution in [0.25, 0.3) is 22.0 Å². The molecule has 21 heavy (non-hydrogen) atoms. The maximum absolute atomic E-state index is 6.34. The lowest BCUT2D eigenvalue weighted by Gasteiger charge is -2.21. The molecule has 1 heterocycles. The van der Waals surface area contributed by atoms with E-state index in [9.17, 15) is 0 Å². The molecule has 1 aromatic heterocycles. The van der Waals surface area contributed by atoms with Crippen LogP contribution >= 0.6 is 23.2 Å². The van der Waals surface area contributed by atoms with Crippen LogP contribution in [-0.4, -0.2) is 4.98 Å². The molecule has 0 atom stereocenters. The van der Waals surface area contributed by atoms with E-state index < -0.39 is 0 Å². The first kappa shape index (κ1) is 13.1. The second kappa shape index (κ2) is 4.22. The summed E-state index contributed by atoms with van der Waals surface area (Å²) >= 11 is 12.4. The molecule has 0 saturated heterocycles. The highest BCUT2D eigenvalue weighted by Crippen LogP contribution is 2.50. The topological polar surface area (TPSA) is 12.9 Å². The molecule has 4 rings (SSSR count). The maximum atomic E-state index is 6.34. The van der Waals surface area contributed by atoms with Crippen LogP contribution in [0, 0.1) is 0 Å². The third kappa shape index (κ3) is 1.74. The molecule has 3 heteroatoms. The van der Waals surface area contributed by atoms with E-state index in [0.29, 0.717) is 10.2 Å². The van der Waals surface area contributed by atoms with Crippen molar-refractivity contribution in [1.82, 2.24) is 4.98 Å². The molecule has 0 bridgehead atoms. The van der Waals surface area contributed by atoms with Crippen LogP contribution in [-0.2, 0) is 5.41 Å². The molecule has 0 saturated carbocycles. The van der Waals surface area contributed by atoms with E-state index in [0.717, 1.165) is 10.9 Å². The van der Waals surface area contributed by atoms with Crippen LogP contribution in [0.15, 0.2) is 42.5 Å². The number of benzene rings is 2. The predicted molar refractivity (Wildman–Crippen MR) is 89.3 cm³/mol. The molecule has 0 fully saturated rings. The Balaban J connectivity index is 2.14. The molecular weight excluding hydrogens is 301 g/mol. The van der Waals surface area contributed by atoms with E-state index in [2.05, 4.69) is 55.2 Å². The van der Waals surface area contributed by atoms with Gasteiger partial charge in [-0.25, -0.2) is 4.98 Å². The number of halogens is 2. The first-order valence-corrected chi connectivity index (χ1v) is 7.64. The van der Waals surface area contributed by atoms with E-state index >= 15 is 0 Å². The fourth-order valence-electron chi connectivity index (χ4n) is 3.35. The van der Waals surface area contributed by atoms with Gasteiger partial charge in [-0.2, -0.15) is 0 Å². The Morgan fingerprint density at radius 2 is 1.67 bits per heavy atom. The Morgan fingerprint density at radius 3 is 2.48 bits per heavy atom. The highest BCUT2D eigenvalue weighted by Gasteiger charge is 2.35. The number of hydrogen-bond acceptors (Lipinski definition) is 1. The van der Waals surface area contributed by atoms with Crippen molar-refractivity contribution in [3.05, 3.63) is 63.8 Å². The molecule has 2 aromatic carbocycles. The molecule has 1 nitrogen and oxygen atoms in total. The highest BCUT2D eigenvalue weighted by molar-refractivity contribution is 6.37. The van der Waals surface area contributed by atoms with Crippen molar-refractivity contribution in [3.8, 4) is 11.1 Å². The lowest BCUT2D eigenvalue weighted by atomic mass is 9.82. The molecule has 0 N–H and O–H groups in total. The van der Waals surface area contributed by atoms with E-state index in [1.54, 1.807) is 6.07 Å². The number of nitrogens with zero attached hydrogens (tertiary/aromatic N) is 1. The summed E-state index contributed by atoms with van der Waals surface area (Å²) in [6.07, 6.45) is 0. The van der Waals surface area contributed by atoms with Gasteiger partial charge >= 0.3 is 0 Å². The van der Waals surface area contributed by atoms with Gasteiger partial charge in [-0.05, 0) is 40.5 Å². The monoisotopic (exact) mass is 313 g/mol. The molecule has 0 radical (unpaired) electrons. The molecule has 0 aliphatic heterocycles. The van der Waals surface area contributed by atoms with Crippen molar-refractivity contribution < 1.29 is 0 Å². The minimum atomic E-state index is -0.0312. The van der Waals surface area contributed by atoms with Crippen molar-refractivity contribution >= 4 is 34.1 Å². The zero-order valence-electron chi connectivity index (χ0n) is 11.7. The summed E-state index contributed by atoms with van der Waals surface area (Å²) in [7, 11) is 0. The van der Waals surface area contributed by atoms with Crippen LogP contribution < -0.4 is 0 Å². The van der Waals surface area contributed by atoms with Crippen molar-refractivity contribution in [1.29, 1.82) is 0 Å². The van der Waals surface area contributed by atoms with E-state index in [1.165, 1.54) is 22.3 Å². The van der Waals surface area contributed by atoms with E-state index in [-0.39, 0.29) is 5.41 Å². The number of aromatic nitrogens is 1. The van der Waals surface area contributed by atoms with Gasteiger partial charge in [-0.15, -0.1) is 0 Å². The standard InChI is InChI=1S/C18H13Cl2N/c1-18(2)13-6-4-3-5-10(13)11-7-12-15(19)9-17(20)21-16(12)8-14(11)18/h3-9H,1-2H3. The highest BCUT2D eigenvalue weighted by atomic mass is 35.5. The van der Waals surface area contributed by atoms with Gasteiger partial charge in [0.15, 0.2) is 0 Å².